The Hall–Kier alpha value is -2.87. The molecule has 0 atom stereocenters. The van der Waals surface area contributed by atoms with Gasteiger partial charge in [-0.05, 0) is 43.1 Å². The second kappa shape index (κ2) is 8.94. The number of aromatic nitrogens is 4. The highest BCUT2D eigenvalue weighted by atomic mass is 32.2. The molecule has 0 spiro atoms. The van der Waals surface area contributed by atoms with Crippen molar-refractivity contribution < 1.29 is 13.3 Å². The largest absolute Gasteiger partial charge is 0.305 e. The molecule has 1 aliphatic rings. The molecule has 32 heavy (non-hydrogen) atoms. The van der Waals surface area contributed by atoms with Crippen LogP contribution >= 0.6 is 11.8 Å². The smallest absolute Gasteiger partial charge is 0.284 e. The maximum atomic E-state index is 13.0. The van der Waals surface area contributed by atoms with Crippen LogP contribution in [-0.4, -0.2) is 75.5 Å². The lowest BCUT2D eigenvalue weighted by Crippen LogP contribution is -2.47. The maximum Gasteiger partial charge on any atom is 0.284 e. The molecular formula is C19H21N7O4S2. The summed E-state index contributed by atoms with van der Waals surface area (Å²) in [4.78, 5) is 17.4. The van der Waals surface area contributed by atoms with Gasteiger partial charge in [-0.15, -0.1) is 10.2 Å². The molecule has 0 radical (unpaired) electrons. The van der Waals surface area contributed by atoms with Crippen LogP contribution in [0.5, 0.6) is 0 Å². The summed E-state index contributed by atoms with van der Waals surface area (Å²) in [5, 5.41) is 20.5. The Morgan fingerprint density at radius 1 is 1.03 bits per heavy atom. The third-order valence-corrected chi connectivity index (χ3v) is 8.20. The number of hydrogen-bond acceptors (Lipinski definition) is 9. The number of nitro benzene ring substituents is 1. The number of nitrogens with zero attached hydrogens (tertiary/aromatic N) is 7. The molecule has 0 amide bonds. The Bertz CT molecular complexity index is 1240. The highest BCUT2D eigenvalue weighted by molar-refractivity contribution is 7.99. The van der Waals surface area contributed by atoms with Crippen LogP contribution in [0.1, 0.15) is 0 Å². The summed E-state index contributed by atoms with van der Waals surface area (Å²) in [6.07, 6.45) is 3.28. The van der Waals surface area contributed by atoms with E-state index in [-0.39, 0.29) is 15.5 Å². The fourth-order valence-corrected chi connectivity index (χ4v) is 5.64. The van der Waals surface area contributed by atoms with Crippen molar-refractivity contribution in [2.45, 2.75) is 14.9 Å². The topological polar surface area (TPSA) is 127 Å². The van der Waals surface area contributed by atoms with Gasteiger partial charge in [0.15, 0.2) is 11.0 Å². The van der Waals surface area contributed by atoms with Gasteiger partial charge >= 0.3 is 0 Å². The standard InChI is InChI=1S/C19H21N7O4S2/c1-23-9-11-25(12-10-23)32(29,30)15-3-4-17(16(13-15)26(27)28)31-19-22-21-18(24(19)2)14-5-7-20-8-6-14/h3-8,13H,9-12H2,1-2H3. The van der Waals surface area contributed by atoms with Crippen molar-refractivity contribution >= 4 is 27.5 Å². The summed E-state index contributed by atoms with van der Waals surface area (Å²) in [6, 6.07) is 7.56. The van der Waals surface area contributed by atoms with E-state index < -0.39 is 14.9 Å². The summed E-state index contributed by atoms with van der Waals surface area (Å²) in [7, 11) is -0.133. The van der Waals surface area contributed by atoms with Crippen molar-refractivity contribution in [3.8, 4) is 11.4 Å². The lowest BCUT2D eigenvalue weighted by Gasteiger charge is -2.31. The van der Waals surface area contributed by atoms with Crippen LogP contribution in [0, 0.1) is 10.1 Å². The molecule has 0 N–H and O–H groups in total. The molecular weight excluding hydrogens is 454 g/mol. The van der Waals surface area contributed by atoms with E-state index in [0.717, 1.165) is 23.4 Å². The molecule has 3 heterocycles. The number of rotatable bonds is 6. The van der Waals surface area contributed by atoms with E-state index in [9.17, 15) is 18.5 Å². The highest BCUT2D eigenvalue weighted by Crippen LogP contribution is 2.36. The summed E-state index contributed by atoms with van der Waals surface area (Å²) < 4.78 is 29.1. The third-order valence-electron chi connectivity index (χ3n) is 5.20. The molecule has 1 aromatic carbocycles. The first-order chi connectivity index (χ1) is 15.3. The van der Waals surface area contributed by atoms with Crippen LogP contribution in [0.15, 0.2) is 57.7 Å². The minimum absolute atomic E-state index is 0.0893. The van der Waals surface area contributed by atoms with Gasteiger partial charge in [0.1, 0.15) is 0 Å². The Morgan fingerprint density at radius 2 is 1.72 bits per heavy atom. The van der Waals surface area contributed by atoms with Crippen molar-refractivity contribution in [3.63, 3.8) is 0 Å². The van der Waals surface area contributed by atoms with Gasteiger partial charge in [-0.2, -0.15) is 4.31 Å². The minimum atomic E-state index is -3.82. The molecule has 0 bridgehead atoms. The normalized spacial score (nSPS) is 15.7. The van der Waals surface area contributed by atoms with Crippen LogP contribution in [0.2, 0.25) is 0 Å². The van der Waals surface area contributed by atoms with E-state index in [1.165, 1.54) is 16.4 Å². The average molecular weight is 476 g/mol. The van der Waals surface area contributed by atoms with E-state index in [0.29, 0.717) is 37.2 Å². The fourth-order valence-electron chi connectivity index (χ4n) is 3.32. The van der Waals surface area contributed by atoms with Gasteiger partial charge in [0.2, 0.25) is 10.0 Å². The van der Waals surface area contributed by atoms with Crippen molar-refractivity contribution in [3.05, 3.63) is 52.8 Å². The van der Waals surface area contributed by atoms with Crippen molar-refractivity contribution in [1.29, 1.82) is 0 Å². The second-order valence-electron chi connectivity index (χ2n) is 7.30. The van der Waals surface area contributed by atoms with Crippen LogP contribution in [-0.2, 0) is 17.1 Å². The van der Waals surface area contributed by atoms with Crippen molar-refractivity contribution in [2.24, 2.45) is 7.05 Å². The minimum Gasteiger partial charge on any atom is -0.305 e. The van der Waals surface area contributed by atoms with Crippen LogP contribution in [0.25, 0.3) is 11.4 Å². The molecule has 3 aromatic rings. The van der Waals surface area contributed by atoms with E-state index in [1.807, 2.05) is 11.9 Å². The van der Waals surface area contributed by atoms with Crippen molar-refractivity contribution in [1.82, 2.24) is 29.0 Å². The van der Waals surface area contributed by atoms with E-state index in [4.69, 9.17) is 0 Å². The summed E-state index contributed by atoms with van der Waals surface area (Å²) in [5.74, 6) is 0.590. The number of benzene rings is 1. The van der Waals surface area contributed by atoms with Gasteiger partial charge in [0, 0.05) is 57.3 Å². The van der Waals surface area contributed by atoms with Crippen LogP contribution < -0.4 is 0 Å². The quantitative estimate of drug-likeness (QED) is 0.388. The molecule has 13 heteroatoms. The Balaban J connectivity index is 1.64. The van der Waals surface area contributed by atoms with Crippen LogP contribution in [0.4, 0.5) is 5.69 Å². The first-order valence-corrected chi connectivity index (χ1v) is 12.0. The first kappa shape index (κ1) is 22.3. The highest BCUT2D eigenvalue weighted by Gasteiger charge is 2.30. The summed E-state index contributed by atoms with van der Waals surface area (Å²) >= 11 is 1.06. The maximum absolute atomic E-state index is 13.0. The zero-order valence-electron chi connectivity index (χ0n) is 17.4. The summed E-state index contributed by atoms with van der Waals surface area (Å²) in [5.41, 5.74) is 0.517. The monoisotopic (exact) mass is 475 g/mol. The fraction of sp³-hybridized carbons (Fsp3) is 0.316. The van der Waals surface area contributed by atoms with E-state index in [1.54, 1.807) is 36.1 Å². The van der Waals surface area contributed by atoms with Gasteiger partial charge in [0.25, 0.3) is 5.69 Å². The molecule has 2 aromatic heterocycles. The number of nitro groups is 1. The predicted octanol–water partition coefficient (Wildman–Crippen LogP) is 1.87. The van der Waals surface area contributed by atoms with Crippen LogP contribution in [0.3, 0.4) is 0 Å². The zero-order chi connectivity index (χ0) is 22.9. The van der Waals surface area contributed by atoms with Gasteiger partial charge in [0.05, 0.1) is 14.7 Å². The molecule has 0 unspecified atom stereocenters. The zero-order valence-corrected chi connectivity index (χ0v) is 19.1. The number of sulfonamides is 1. The molecule has 0 saturated carbocycles. The number of hydrogen-bond donors (Lipinski definition) is 0. The predicted molar refractivity (Wildman–Crippen MR) is 118 cm³/mol. The number of piperazine rings is 1. The molecule has 4 rings (SSSR count). The second-order valence-corrected chi connectivity index (χ2v) is 10.2. The Labute approximate surface area is 189 Å². The van der Waals surface area contributed by atoms with Gasteiger partial charge in [-0.3, -0.25) is 15.1 Å². The lowest BCUT2D eigenvalue weighted by atomic mass is 10.2. The lowest BCUT2D eigenvalue weighted by molar-refractivity contribution is -0.388. The van der Waals surface area contributed by atoms with Crippen molar-refractivity contribution in [2.75, 3.05) is 33.2 Å². The summed E-state index contributed by atoms with van der Waals surface area (Å²) in [6.45, 7) is 1.92. The molecule has 11 nitrogen and oxygen atoms in total. The van der Waals surface area contributed by atoms with Gasteiger partial charge < -0.3 is 9.47 Å². The third kappa shape index (κ3) is 4.37. The average Bonchev–Trinajstić information content (AvgIpc) is 3.14. The molecule has 0 aliphatic carbocycles. The Morgan fingerprint density at radius 3 is 2.38 bits per heavy atom. The number of pyridine rings is 1. The molecule has 168 valence electrons. The molecule has 1 aliphatic heterocycles. The first-order valence-electron chi connectivity index (χ1n) is 9.72. The SMILES string of the molecule is CN1CCN(S(=O)(=O)c2ccc(Sc3nnc(-c4ccncc4)n3C)c([N+](=O)[O-])c2)CC1. The van der Waals surface area contributed by atoms with Gasteiger partial charge in [-0.1, -0.05) is 0 Å². The molecule has 1 fully saturated rings. The van der Waals surface area contributed by atoms with E-state index >= 15 is 0 Å². The molecule has 1 saturated heterocycles. The van der Waals surface area contributed by atoms with E-state index in [2.05, 4.69) is 15.2 Å². The van der Waals surface area contributed by atoms with Gasteiger partial charge in [-0.25, -0.2) is 8.42 Å². The number of likely N-dealkylation sites (N-methyl/N-ethyl adjacent to an activating group) is 1. The Kier molecular flexibility index (Phi) is 6.24.